The maximum Gasteiger partial charge on any atom is 0.472 e. The molecular weight excluding hydrogens is 605 g/mol. The molecule has 46 heavy (non-hydrogen) atoms. The molecule has 0 aliphatic carbocycles. The van der Waals surface area contributed by atoms with Crippen LogP contribution in [-0.4, -0.2) is 74.9 Å². The van der Waals surface area contributed by atoms with Gasteiger partial charge in [-0.05, 0) is 12.8 Å². The Labute approximate surface area is 283 Å². The molecule has 0 bridgehead atoms. The van der Waals surface area contributed by atoms with Gasteiger partial charge in [-0.15, -0.1) is 0 Å². The Morgan fingerprint density at radius 1 is 0.587 bits per heavy atom. The van der Waals surface area contributed by atoms with Crippen LogP contribution >= 0.6 is 7.82 Å². The van der Waals surface area contributed by atoms with Crippen molar-refractivity contribution in [2.24, 2.45) is 0 Å². The lowest BCUT2D eigenvalue weighted by atomic mass is 10.1. The number of unbranched alkanes of at least 4 members (excludes halogenated alkanes) is 20. The van der Waals surface area contributed by atoms with Crippen molar-refractivity contribution in [3.05, 3.63) is 0 Å². The molecule has 10 heteroatoms. The Bertz CT molecular complexity index is 774. The van der Waals surface area contributed by atoms with E-state index in [1.165, 1.54) is 103 Å². The topological polar surface area (TPSA) is 108 Å². The standard InChI is InChI=1S/C36H72NO8P/c1-6-8-10-12-14-16-18-20-22-24-26-28-35(38)42-32-34(33-44-46(40,41)43-31-30-37(3,4)5)45-36(39)29-27-25-23-21-19-17-15-13-11-9-7-2/h34H,6-33H2,1-5H3/p+1. The van der Waals surface area contributed by atoms with E-state index in [0.29, 0.717) is 23.9 Å². The van der Waals surface area contributed by atoms with Crippen LogP contribution in [0.3, 0.4) is 0 Å². The fraction of sp³-hybridized carbons (Fsp3) is 0.944. The van der Waals surface area contributed by atoms with Gasteiger partial charge in [0.1, 0.15) is 19.8 Å². The summed E-state index contributed by atoms with van der Waals surface area (Å²) in [6.45, 7) is 4.40. The third-order valence-corrected chi connectivity index (χ3v) is 9.12. The van der Waals surface area contributed by atoms with Crippen molar-refractivity contribution in [1.29, 1.82) is 0 Å². The SMILES string of the molecule is CCCCCCCCCCCCCC(=O)OCC(COP(=O)(O)OCC[N+](C)(C)C)OC(=O)CCCCCCCCCCCCC. The van der Waals surface area contributed by atoms with Gasteiger partial charge in [0.05, 0.1) is 27.7 Å². The highest BCUT2D eigenvalue weighted by atomic mass is 31.2. The first kappa shape index (κ1) is 45.0. The van der Waals surface area contributed by atoms with Gasteiger partial charge in [-0.25, -0.2) is 4.57 Å². The second-order valence-electron chi connectivity index (χ2n) is 14.0. The first-order valence-corrected chi connectivity index (χ1v) is 20.3. The van der Waals surface area contributed by atoms with Crippen molar-refractivity contribution in [3.63, 3.8) is 0 Å². The summed E-state index contributed by atoms with van der Waals surface area (Å²) in [7, 11) is 1.49. The zero-order chi connectivity index (χ0) is 34.4. The summed E-state index contributed by atoms with van der Waals surface area (Å²) in [6.07, 6.45) is 25.7. The summed E-state index contributed by atoms with van der Waals surface area (Å²) >= 11 is 0. The Hall–Kier alpha value is -0.990. The molecule has 0 saturated heterocycles. The molecule has 2 unspecified atom stereocenters. The fourth-order valence-corrected chi connectivity index (χ4v) is 5.87. The molecular formula is C36H73NO8P+. The lowest BCUT2D eigenvalue weighted by Gasteiger charge is -2.24. The third kappa shape index (κ3) is 32.9. The largest absolute Gasteiger partial charge is 0.472 e. The summed E-state index contributed by atoms with van der Waals surface area (Å²) in [5.74, 6) is -0.793. The molecule has 1 N–H and O–H groups in total. The van der Waals surface area contributed by atoms with Crippen molar-refractivity contribution in [2.75, 3.05) is 47.5 Å². The van der Waals surface area contributed by atoms with E-state index in [-0.39, 0.29) is 25.6 Å². The van der Waals surface area contributed by atoms with Crippen LogP contribution in [0.25, 0.3) is 0 Å². The molecule has 0 aliphatic heterocycles. The van der Waals surface area contributed by atoms with Gasteiger partial charge in [0.25, 0.3) is 0 Å². The molecule has 0 aromatic rings. The highest BCUT2D eigenvalue weighted by molar-refractivity contribution is 7.47. The summed E-state index contributed by atoms with van der Waals surface area (Å²) in [5.41, 5.74) is 0. The molecule has 0 amide bonds. The van der Waals surface area contributed by atoms with Crippen LogP contribution < -0.4 is 0 Å². The normalized spacial score (nSPS) is 13.8. The summed E-state index contributed by atoms with van der Waals surface area (Å²) < 4.78 is 34.1. The van der Waals surface area contributed by atoms with Gasteiger partial charge in [0.2, 0.25) is 0 Å². The zero-order valence-electron chi connectivity index (χ0n) is 30.6. The molecule has 2 atom stereocenters. The van der Waals surface area contributed by atoms with Crippen LogP contribution in [0.4, 0.5) is 0 Å². The number of quaternary nitrogens is 1. The van der Waals surface area contributed by atoms with Crippen LogP contribution in [0.5, 0.6) is 0 Å². The number of rotatable bonds is 34. The van der Waals surface area contributed by atoms with Crippen LogP contribution in [0.2, 0.25) is 0 Å². The van der Waals surface area contributed by atoms with E-state index in [4.69, 9.17) is 18.5 Å². The maximum absolute atomic E-state index is 12.6. The number of hydrogen-bond acceptors (Lipinski definition) is 7. The third-order valence-electron chi connectivity index (χ3n) is 8.14. The molecule has 9 nitrogen and oxygen atoms in total. The smallest absolute Gasteiger partial charge is 0.462 e. The Kier molecular flexibility index (Phi) is 29.4. The number of hydrogen-bond donors (Lipinski definition) is 1. The Morgan fingerprint density at radius 3 is 1.39 bits per heavy atom. The summed E-state index contributed by atoms with van der Waals surface area (Å²) in [4.78, 5) is 35.1. The van der Waals surface area contributed by atoms with Crippen molar-refractivity contribution in [2.45, 2.75) is 174 Å². The molecule has 0 saturated carbocycles. The van der Waals surface area contributed by atoms with E-state index < -0.39 is 26.5 Å². The second kappa shape index (κ2) is 30.1. The second-order valence-corrected chi connectivity index (χ2v) is 15.4. The van der Waals surface area contributed by atoms with E-state index in [1.54, 1.807) is 0 Å². The molecule has 0 fully saturated rings. The van der Waals surface area contributed by atoms with Gasteiger partial charge < -0.3 is 18.9 Å². The van der Waals surface area contributed by atoms with Gasteiger partial charge >= 0.3 is 19.8 Å². The van der Waals surface area contributed by atoms with Crippen LogP contribution in [0.1, 0.15) is 168 Å². The number of carbonyl (C=O) groups is 2. The predicted molar refractivity (Wildman–Crippen MR) is 188 cm³/mol. The molecule has 0 heterocycles. The van der Waals surface area contributed by atoms with Crippen molar-refractivity contribution in [3.8, 4) is 0 Å². The number of nitrogens with zero attached hydrogens (tertiary/aromatic N) is 1. The van der Waals surface area contributed by atoms with E-state index >= 15 is 0 Å². The minimum atomic E-state index is -4.35. The quantitative estimate of drug-likeness (QED) is 0.0310. The molecule has 0 radical (unpaired) electrons. The van der Waals surface area contributed by atoms with Gasteiger partial charge in [0, 0.05) is 12.8 Å². The van der Waals surface area contributed by atoms with Gasteiger partial charge in [0.15, 0.2) is 6.10 Å². The lowest BCUT2D eigenvalue weighted by Crippen LogP contribution is -2.37. The maximum atomic E-state index is 12.6. The number of esters is 2. The van der Waals surface area contributed by atoms with Crippen LogP contribution in [-0.2, 0) is 32.7 Å². The van der Waals surface area contributed by atoms with Gasteiger partial charge in [-0.3, -0.25) is 18.6 Å². The Balaban J connectivity index is 4.44. The van der Waals surface area contributed by atoms with Crippen molar-refractivity contribution in [1.82, 2.24) is 0 Å². The monoisotopic (exact) mass is 679 g/mol. The average Bonchev–Trinajstić information content (AvgIpc) is 2.99. The van der Waals surface area contributed by atoms with Crippen LogP contribution in [0.15, 0.2) is 0 Å². The minimum absolute atomic E-state index is 0.0362. The summed E-state index contributed by atoms with van der Waals surface area (Å²) in [5, 5.41) is 0. The van der Waals surface area contributed by atoms with Crippen molar-refractivity contribution < 1.29 is 42.1 Å². The number of carbonyl (C=O) groups excluding carboxylic acids is 2. The predicted octanol–water partition coefficient (Wildman–Crippen LogP) is 9.68. The fourth-order valence-electron chi connectivity index (χ4n) is 5.13. The highest BCUT2D eigenvalue weighted by Crippen LogP contribution is 2.43. The van der Waals surface area contributed by atoms with Crippen molar-refractivity contribution >= 4 is 19.8 Å². The first-order chi connectivity index (χ1) is 22.0. The van der Waals surface area contributed by atoms with Gasteiger partial charge in [-0.2, -0.15) is 0 Å². The minimum Gasteiger partial charge on any atom is -0.462 e. The molecule has 0 aliphatic rings. The zero-order valence-corrected chi connectivity index (χ0v) is 31.5. The number of ether oxygens (including phenoxy) is 2. The van der Waals surface area contributed by atoms with Crippen LogP contribution in [0, 0.1) is 0 Å². The first-order valence-electron chi connectivity index (χ1n) is 18.8. The van der Waals surface area contributed by atoms with E-state index in [0.717, 1.165) is 32.1 Å². The van der Waals surface area contributed by atoms with E-state index in [2.05, 4.69) is 13.8 Å². The van der Waals surface area contributed by atoms with E-state index in [1.807, 2.05) is 21.1 Å². The highest BCUT2D eigenvalue weighted by Gasteiger charge is 2.27. The number of phosphoric ester groups is 1. The van der Waals surface area contributed by atoms with Gasteiger partial charge in [-0.1, -0.05) is 142 Å². The molecule has 0 rings (SSSR count). The summed E-state index contributed by atoms with van der Waals surface area (Å²) in [6, 6.07) is 0. The molecule has 0 aromatic carbocycles. The van der Waals surface area contributed by atoms with E-state index in [9.17, 15) is 19.0 Å². The average molecular weight is 679 g/mol. The molecule has 274 valence electrons. The Morgan fingerprint density at radius 2 is 0.978 bits per heavy atom. The number of phosphoric acid groups is 1. The number of likely N-dealkylation sites (N-methyl/N-ethyl adjacent to an activating group) is 1. The molecule has 0 spiro atoms. The molecule has 0 aromatic heterocycles. The lowest BCUT2D eigenvalue weighted by molar-refractivity contribution is -0.870.